The lowest BCUT2D eigenvalue weighted by atomic mass is 9.53. The van der Waals surface area contributed by atoms with Crippen molar-refractivity contribution in [2.45, 2.75) is 67.2 Å². The minimum Gasteiger partial charge on any atom is -0.493 e. The van der Waals surface area contributed by atoms with E-state index >= 15 is 0 Å². The number of aliphatic hydroxyl groups is 3. The highest BCUT2D eigenvalue weighted by Crippen LogP contribution is 2.62. The molecule has 0 unspecified atom stereocenters. The van der Waals surface area contributed by atoms with E-state index in [0.717, 1.165) is 24.9 Å². The SMILES string of the molecule is COc1ccc2c3c1O[C@H]1[C@@H](O[C@@H]4O[C@H](C(=O)O)[C@@H](O)[C@H](O)[C@H]4O)C=C[C@H]4[C@@H](C2)N(C)CC[C@@]341. The summed E-state index contributed by atoms with van der Waals surface area (Å²) < 4.78 is 23.7. The zero-order chi connectivity index (χ0) is 23.9. The molecule has 3 aliphatic heterocycles. The first-order chi connectivity index (χ1) is 16.3. The number of hydrogen-bond donors (Lipinski definition) is 4. The quantitative estimate of drug-likeness (QED) is 0.418. The maximum Gasteiger partial charge on any atom is 0.335 e. The molecule has 1 aromatic carbocycles. The summed E-state index contributed by atoms with van der Waals surface area (Å²) in [5.41, 5.74) is 2.00. The summed E-state index contributed by atoms with van der Waals surface area (Å²) in [4.78, 5) is 13.9. The minimum atomic E-state index is -1.77. The van der Waals surface area contributed by atoms with Crippen LogP contribution in [0.25, 0.3) is 0 Å². The van der Waals surface area contributed by atoms with Gasteiger partial charge in [0.1, 0.15) is 30.5 Å². The highest BCUT2D eigenvalue weighted by molar-refractivity contribution is 5.73. The second-order valence-corrected chi connectivity index (χ2v) is 9.96. The maximum absolute atomic E-state index is 11.5. The Bertz CT molecular complexity index is 1050. The number of methoxy groups -OCH3 is 1. The standard InChI is InChI=1S/C24H29NO9/c1-25-8-7-24-11-4-6-14(32-23-18(28)16(26)17(27)20(34-23)22(29)30)21(24)33-19-13(31-2)5-3-10(15(19)24)9-12(11)25/h3-6,11-12,14,16-18,20-21,23,26-28H,7-9H2,1-2H3,(H,29,30)/t11-,12+,14-,16-,17-,18+,20-,21-,23+,24-/m0/s1. The normalized spacial score (nSPS) is 44.3. The topological polar surface area (TPSA) is 138 Å². The van der Waals surface area contributed by atoms with Gasteiger partial charge in [-0.25, -0.2) is 4.79 Å². The summed E-state index contributed by atoms with van der Waals surface area (Å²) >= 11 is 0. The highest BCUT2D eigenvalue weighted by Gasteiger charge is 2.65. The zero-order valence-corrected chi connectivity index (χ0v) is 18.9. The Morgan fingerprint density at radius 3 is 2.71 bits per heavy atom. The van der Waals surface area contributed by atoms with Crippen LogP contribution in [0, 0.1) is 5.92 Å². The van der Waals surface area contributed by atoms with Crippen LogP contribution in [0.1, 0.15) is 17.5 Å². The van der Waals surface area contributed by atoms with Crippen LogP contribution in [0.5, 0.6) is 11.5 Å². The molecule has 5 aliphatic rings. The molecule has 10 atom stereocenters. The third-order valence-corrected chi connectivity index (χ3v) is 8.44. The lowest BCUT2D eigenvalue weighted by molar-refractivity contribution is -0.307. The Balaban J connectivity index is 1.39. The number of likely N-dealkylation sites (N-methyl/N-ethyl adjacent to an activating group) is 1. The fourth-order valence-corrected chi connectivity index (χ4v) is 6.81. The van der Waals surface area contributed by atoms with E-state index in [1.54, 1.807) is 7.11 Å². The van der Waals surface area contributed by atoms with Gasteiger partial charge in [0, 0.05) is 22.9 Å². The van der Waals surface area contributed by atoms with E-state index < -0.39 is 48.9 Å². The number of rotatable bonds is 4. The number of aliphatic hydroxyl groups excluding tert-OH is 3. The molecule has 0 radical (unpaired) electrons. The van der Waals surface area contributed by atoms with Gasteiger partial charge in [0.25, 0.3) is 0 Å². The summed E-state index contributed by atoms with van der Waals surface area (Å²) in [7, 11) is 3.75. The van der Waals surface area contributed by atoms with Gasteiger partial charge < -0.3 is 44.3 Å². The Hall–Kier alpha value is -2.21. The Morgan fingerprint density at radius 2 is 1.97 bits per heavy atom. The van der Waals surface area contributed by atoms with E-state index in [2.05, 4.69) is 24.1 Å². The highest BCUT2D eigenvalue weighted by atomic mass is 16.7. The molecule has 2 saturated heterocycles. The molecule has 10 heteroatoms. The van der Waals surface area contributed by atoms with Gasteiger partial charge in [0.15, 0.2) is 23.9 Å². The fraction of sp³-hybridized carbons (Fsp3) is 0.625. The molecule has 0 aromatic heterocycles. The molecule has 184 valence electrons. The van der Waals surface area contributed by atoms with Crippen LogP contribution >= 0.6 is 0 Å². The van der Waals surface area contributed by atoms with Gasteiger partial charge in [-0.1, -0.05) is 18.2 Å². The van der Waals surface area contributed by atoms with E-state index in [0.29, 0.717) is 17.5 Å². The summed E-state index contributed by atoms with van der Waals surface area (Å²) in [6.45, 7) is 0.881. The number of carboxylic acid groups (broad SMARTS) is 1. The van der Waals surface area contributed by atoms with Crippen molar-refractivity contribution in [1.29, 1.82) is 0 Å². The third-order valence-electron chi connectivity index (χ3n) is 8.44. The van der Waals surface area contributed by atoms with Crippen LogP contribution in [-0.4, -0.2) is 101 Å². The smallest absolute Gasteiger partial charge is 0.335 e. The Morgan fingerprint density at radius 1 is 1.18 bits per heavy atom. The number of likely N-dealkylation sites (tertiary alicyclic amines) is 1. The average Bonchev–Trinajstić information content (AvgIpc) is 3.17. The van der Waals surface area contributed by atoms with Gasteiger partial charge in [0.05, 0.1) is 7.11 Å². The largest absolute Gasteiger partial charge is 0.493 e. The predicted octanol–water partition coefficient (Wildman–Crippen LogP) is -0.582. The van der Waals surface area contributed by atoms with Crippen LogP contribution in [-0.2, 0) is 26.1 Å². The van der Waals surface area contributed by atoms with Gasteiger partial charge in [-0.3, -0.25) is 0 Å². The van der Waals surface area contributed by atoms with Gasteiger partial charge in [-0.05, 0) is 38.1 Å². The second-order valence-electron chi connectivity index (χ2n) is 9.96. The molecule has 0 amide bonds. The monoisotopic (exact) mass is 475 g/mol. The van der Waals surface area contributed by atoms with Crippen molar-refractivity contribution in [1.82, 2.24) is 4.90 Å². The summed E-state index contributed by atoms with van der Waals surface area (Å²) in [5, 5.41) is 40.1. The molecule has 4 N–H and O–H groups in total. The Labute approximate surface area is 196 Å². The van der Waals surface area contributed by atoms with E-state index in [1.807, 2.05) is 12.1 Å². The van der Waals surface area contributed by atoms with Gasteiger partial charge in [-0.15, -0.1) is 0 Å². The molecular weight excluding hydrogens is 446 g/mol. The molecule has 2 aliphatic carbocycles. The first kappa shape index (κ1) is 22.3. The number of carboxylic acids is 1. The molecule has 3 heterocycles. The second kappa shape index (κ2) is 7.64. The number of benzene rings is 1. The first-order valence-electron chi connectivity index (χ1n) is 11.6. The lowest BCUT2D eigenvalue weighted by Gasteiger charge is -2.57. The summed E-state index contributed by atoms with van der Waals surface area (Å²) in [6, 6.07) is 4.32. The molecule has 2 bridgehead atoms. The Kier molecular flexibility index (Phi) is 5.01. The van der Waals surface area contributed by atoms with Crippen molar-refractivity contribution in [2.24, 2.45) is 5.92 Å². The van der Waals surface area contributed by atoms with Crippen LogP contribution in [0.15, 0.2) is 24.3 Å². The number of ether oxygens (including phenoxy) is 4. The number of hydrogen-bond acceptors (Lipinski definition) is 9. The molecule has 10 nitrogen and oxygen atoms in total. The third kappa shape index (κ3) is 2.81. The minimum absolute atomic E-state index is 0.188. The van der Waals surface area contributed by atoms with E-state index in [-0.39, 0.29) is 11.3 Å². The van der Waals surface area contributed by atoms with Crippen molar-refractivity contribution in [3.8, 4) is 11.5 Å². The molecule has 0 saturated carbocycles. The fourth-order valence-electron chi connectivity index (χ4n) is 6.81. The molecule has 6 rings (SSSR count). The van der Waals surface area contributed by atoms with Crippen LogP contribution in [0.2, 0.25) is 0 Å². The zero-order valence-electron chi connectivity index (χ0n) is 18.9. The van der Waals surface area contributed by atoms with Crippen molar-refractivity contribution in [3.05, 3.63) is 35.4 Å². The van der Waals surface area contributed by atoms with Crippen LogP contribution < -0.4 is 9.47 Å². The summed E-state index contributed by atoms with van der Waals surface area (Å²) in [5.74, 6) is 0.0951. The molecular formula is C24H29NO9. The number of carbonyl (C=O) groups is 1. The van der Waals surface area contributed by atoms with E-state index in [4.69, 9.17) is 18.9 Å². The predicted molar refractivity (Wildman–Crippen MR) is 116 cm³/mol. The molecule has 1 aromatic rings. The summed E-state index contributed by atoms with van der Waals surface area (Å²) in [6.07, 6.45) is -3.69. The molecule has 2 fully saturated rings. The number of aliphatic carboxylic acids is 1. The van der Waals surface area contributed by atoms with E-state index in [1.165, 1.54) is 5.56 Å². The van der Waals surface area contributed by atoms with Crippen molar-refractivity contribution in [2.75, 3.05) is 20.7 Å². The molecule has 34 heavy (non-hydrogen) atoms. The van der Waals surface area contributed by atoms with Crippen molar-refractivity contribution >= 4 is 5.97 Å². The van der Waals surface area contributed by atoms with Gasteiger partial charge >= 0.3 is 5.97 Å². The van der Waals surface area contributed by atoms with E-state index in [9.17, 15) is 25.2 Å². The maximum atomic E-state index is 11.5. The first-order valence-corrected chi connectivity index (χ1v) is 11.6. The molecule has 1 spiro atoms. The van der Waals surface area contributed by atoms with Gasteiger partial charge in [-0.2, -0.15) is 0 Å². The van der Waals surface area contributed by atoms with Crippen LogP contribution in [0.3, 0.4) is 0 Å². The average molecular weight is 475 g/mol. The van der Waals surface area contributed by atoms with Gasteiger partial charge in [0.2, 0.25) is 0 Å². The van der Waals surface area contributed by atoms with Crippen molar-refractivity contribution < 1.29 is 44.2 Å². The number of nitrogens with zero attached hydrogens (tertiary/aromatic N) is 1. The lowest BCUT2D eigenvalue weighted by Crippen LogP contribution is -2.66. The van der Waals surface area contributed by atoms with Crippen molar-refractivity contribution in [3.63, 3.8) is 0 Å². The number of piperidine rings is 1. The van der Waals surface area contributed by atoms with Crippen LogP contribution in [0.4, 0.5) is 0 Å².